The number of hydrogen-bond acceptors (Lipinski definition) is 4. The Kier molecular flexibility index (Phi) is 8.36. The van der Waals surface area contributed by atoms with Crippen LogP contribution in [0.25, 0.3) is 0 Å². The molecular weight excluding hydrogens is 342 g/mol. The van der Waals surface area contributed by atoms with Gasteiger partial charge in [-0.3, -0.25) is 9.59 Å². The Balaban J connectivity index is 1.99. The van der Waals surface area contributed by atoms with Gasteiger partial charge in [-0.1, -0.05) is 42.5 Å². The van der Waals surface area contributed by atoms with E-state index in [1.165, 1.54) is 0 Å². The van der Waals surface area contributed by atoms with E-state index in [0.29, 0.717) is 26.1 Å². The molecule has 0 unspecified atom stereocenters. The number of benzene rings is 2. The highest BCUT2D eigenvalue weighted by atomic mass is 16.5. The molecule has 5 heteroatoms. The maximum atomic E-state index is 12.8. The number of esters is 1. The van der Waals surface area contributed by atoms with E-state index in [-0.39, 0.29) is 18.3 Å². The molecule has 0 saturated carbocycles. The third kappa shape index (κ3) is 7.13. The second-order valence-corrected chi connectivity index (χ2v) is 6.20. The minimum Gasteiger partial charge on any atom is -0.497 e. The zero-order valence-electron chi connectivity index (χ0n) is 16.0. The van der Waals surface area contributed by atoms with Crippen molar-refractivity contribution in [3.63, 3.8) is 0 Å². The molecule has 0 radical (unpaired) electrons. The van der Waals surface area contributed by atoms with Gasteiger partial charge in [0.25, 0.3) is 0 Å². The zero-order chi connectivity index (χ0) is 19.5. The number of amides is 1. The maximum absolute atomic E-state index is 12.8. The smallest absolute Gasteiger partial charge is 0.307 e. The Hall–Kier alpha value is -2.82. The number of carbonyl (C=O) groups is 2. The van der Waals surface area contributed by atoms with E-state index in [4.69, 9.17) is 9.47 Å². The van der Waals surface area contributed by atoms with Crippen molar-refractivity contribution in [2.45, 2.75) is 26.2 Å². The van der Waals surface area contributed by atoms with Crippen LogP contribution in [0.3, 0.4) is 0 Å². The first-order chi connectivity index (χ1) is 13.1. The van der Waals surface area contributed by atoms with E-state index in [1.54, 1.807) is 18.9 Å². The summed E-state index contributed by atoms with van der Waals surface area (Å²) >= 11 is 0. The van der Waals surface area contributed by atoms with Crippen molar-refractivity contribution in [2.24, 2.45) is 0 Å². The molecule has 0 bridgehead atoms. The lowest BCUT2D eigenvalue weighted by atomic mass is 10.1. The highest BCUT2D eigenvalue weighted by Gasteiger charge is 2.16. The van der Waals surface area contributed by atoms with Crippen LogP contribution in [-0.4, -0.2) is 43.6 Å². The Labute approximate surface area is 160 Å². The van der Waals surface area contributed by atoms with Crippen LogP contribution in [0.2, 0.25) is 0 Å². The standard InChI is InChI=1S/C22H27NO4/c1-3-27-22(25)14-16-23(15-13-18-7-5-4-6-8-18)21(24)17-19-9-11-20(26-2)12-10-19/h4-12H,3,13-17H2,1-2H3. The lowest BCUT2D eigenvalue weighted by molar-refractivity contribution is -0.144. The first-order valence-corrected chi connectivity index (χ1v) is 9.22. The van der Waals surface area contributed by atoms with Crippen molar-refractivity contribution in [3.8, 4) is 5.75 Å². The predicted octanol–water partition coefficient (Wildman–Crippen LogP) is 3.26. The van der Waals surface area contributed by atoms with Gasteiger partial charge in [0.2, 0.25) is 5.91 Å². The van der Waals surface area contributed by atoms with Gasteiger partial charge in [-0.2, -0.15) is 0 Å². The number of nitrogens with zero attached hydrogens (tertiary/aromatic N) is 1. The number of carbonyl (C=O) groups excluding carboxylic acids is 2. The highest BCUT2D eigenvalue weighted by molar-refractivity contribution is 5.79. The van der Waals surface area contributed by atoms with Gasteiger partial charge < -0.3 is 14.4 Å². The van der Waals surface area contributed by atoms with Crippen molar-refractivity contribution in [1.82, 2.24) is 4.90 Å². The number of hydrogen-bond donors (Lipinski definition) is 0. The predicted molar refractivity (Wildman–Crippen MR) is 105 cm³/mol. The summed E-state index contributed by atoms with van der Waals surface area (Å²) in [6.45, 7) is 3.06. The molecular formula is C22H27NO4. The van der Waals surface area contributed by atoms with Crippen molar-refractivity contribution in [1.29, 1.82) is 0 Å². The van der Waals surface area contributed by atoms with Gasteiger partial charge in [-0.25, -0.2) is 0 Å². The van der Waals surface area contributed by atoms with Crippen LogP contribution in [0.4, 0.5) is 0 Å². The van der Waals surface area contributed by atoms with Gasteiger partial charge in [0.15, 0.2) is 0 Å². The summed E-state index contributed by atoms with van der Waals surface area (Å²) < 4.78 is 10.1. The van der Waals surface area contributed by atoms with Gasteiger partial charge in [0, 0.05) is 13.1 Å². The van der Waals surface area contributed by atoms with Gasteiger partial charge in [0.1, 0.15) is 5.75 Å². The molecule has 0 spiro atoms. The lowest BCUT2D eigenvalue weighted by Crippen LogP contribution is -2.36. The summed E-state index contributed by atoms with van der Waals surface area (Å²) in [5, 5.41) is 0. The fourth-order valence-electron chi connectivity index (χ4n) is 2.76. The summed E-state index contributed by atoms with van der Waals surface area (Å²) in [6, 6.07) is 17.5. The summed E-state index contributed by atoms with van der Waals surface area (Å²) in [5.41, 5.74) is 2.08. The highest BCUT2D eigenvalue weighted by Crippen LogP contribution is 2.13. The SMILES string of the molecule is CCOC(=O)CCN(CCc1ccccc1)C(=O)Cc1ccc(OC)cc1. The molecule has 0 saturated heterocycles. The van der Waals surface area contributed by atoms with Crippen LogP contribution in [0.1, 0.15) is 24.5 Å². The van der Waals surface area contributed by atoms with Crippen LogP contribution < -0.4 is 4.74 Å². The molecule has 0 atom stereocenters. The fourth-order valence-corrected chi connectivity index (χ4v) is 2.76. The number of rotatable bonds is 10. The molecule has 0 aliphatic carbocycles. The molecule has 0 N–H and O–H groups in total. The third-order valence-electron chi connectivity index (χ3n) is 4.27. The first kappa shape index (κ1) is 20.5. The largest absolute Gasteiger partial charge is 0.497 e. The van der Waals surface area contributed by atoms with Gasteiger partial charge in [0.05, 0.1) is 26.6 Å². The van der Waals surface area contributed by atoms with Crippen molar-refractivity contribution in [3.05, 3.63) is 65.7 Å². The zero-order valence-corrected chi connectivity index (χ0v) is 16.0. The molecule has 27 heavy (non-hydrogen) atoms. The normalized spacial score (nSPS) is 10.3. The van der Waals surface area contributed by atoms with Crippen molar-refractivity contribution >= 4 is 11.9 Å². The number of methoxy groups -OCH3 is 1. The van der Waals surface area contributed by atoms with Gasteiger partial charge >= 0.3 is 5.97 Å². The van der Waals surface area contributed by atoms with Crippen LogP contribution in [0.5, 0.6) is 5.75 Å². The average molecular weight is 369 g/mol. The molecule has 0 heterocycles. The van der Waals surface area contributed by atoms with E-state index in [9.17, 15) is 9.59 Å². The molecule has 2 rings (SSSR count). The Morgan fingerprint density at radius 1 is 0.926 bits per heavy atom. The second kappa shape index (κ2) is 11.0. The summed E-state index contributed by atoms with van der Waals surface area (Å²) in [7, 11) is 1.61. The Bertz CT molecular complexity index is 713. The summed E-state index contributed by atoms with van der Waals surface area (Å²) in [5.74, 6) is 0.481. The molecule has 2 aromatic rings. The summed E-state index contributed by atoms with van der Waals surface area (Å²) in [6.07, 6.45) is 1.25. The van der Waals surface area contributed by atoms with E-state index in [2.05, 4.69) is 0 Å². The quantitative estimate of drug-likeness (QED) is 0.603. The average Bonchev–Trinajstić information content (AvgIpc) is 2.69. The van der Waals surface area contributed by atoms with Crippen LogP contribution in [-0.2, 0) is 27.2 Å². The Morgan fingerprint density at radius 2 is 1.63 bits per heavy atom. The van der Waals surface area contributed by atoms with Crippen molar-refractivity contribution < 1.29 is 19.1 Å². The first-order valence-electron chi connectivity index (χ1n) is 9.22. The van der Waals surface area contributed by atoms with Crippen LogP contribution >= 0.6 is 0 Å². The van der Waals surface area contributed by atoms with Gasteiger partial charge in [-0.15, -0.1) is 0 Å². The molecule has 5 nitrogen and oxygen atoms in total. The maximum Gasteiger partial charge on any atom is 0.307 e. The third-order valence-corrected chi connectivity index (χ3v) is 4.27. The topological polar surface area (TPSA) is 55.8 Å². The molecule has 2 aromatic carbocycles. The van der Waals surface area contributed by atoms with Gasteiger partial charge in [-0.05, 0) is 36.6 Å². The molecule has 0 fully saturated rings. The minimum atomic E-state index is -0.278. The van der Waals surface area contributed by atoms with E-state index < -0.39 is 0 Å². The fraction of sp³-hybridized carbons (Fsp3) is 0.364. The molecule has 1 amide bonds. The molecule has 0 aliphatic heterocycles. The van der Waals surface area contributed by atoms with Crippen molar-refractivity contribution in [2.75, 3.05) is 26.8 Å². The van der Waals surface area contributed by atoms with Crippen LogP contribution in [0.15, 0.2) is 54.6 Å². The Morgan fingerprint density at radius 3 is 2.26 bits per heavy atom. The number of ether oxygens (including phenoxy) is 2. The lowest BCUT2D eigenvalue weighted by Gasteiger charge is -2.22. The monoisotopic (exact) mass is 369 g/mol. The van der Waals surface area contributed by atoms with E-state index >= 15 is 0 Å². The van der Waals surface area contributed by atoms with E-state index in [1.807, 2.05) is 54.6 Å². The summed E-state index contributed by atoms with van der Waals surface area (Å²) in [4.78, 5) is 26.2. The minimum absolute atomic E-state index is 0.000367. The molecule has 0 aliphatic rings. The van der Waals surface area contributed by atoms with E-state index in [0.717, 1.165) is 23.3 Å². The molecule has 144 valence electrons. The van der Waals surface area contributed by atoms with Crippen LogP contribution in [0, 0.1) is 0 Å². The second-order valence-electron chi connectivity index (χ2n) is 6.20. The molecule has 0 aromatic heterocycles.